The maximum atomic E-state index is 12.7. The molecule has 1 fully saturated rings. The Hall–Kier alpha value is -1.80. The van der Waals surface area contributed by atoms with Crippen molar-refractivity contribution >= 4 is 17.2 Å². The molecule has 0 aromatic carbocycles. The molecular weight excluding hydrogens is 336 g/mol. The molecule has 25 heavy (non-hydrogen) atoms. The summed E-state index contributed by atoms with van der Waals surface area (Å²) in [5, 5.41) is 15.0. The molecule has 4 heterocycles. The molecule has 7 nitrogen and oxygen atoms in total. The van der Waals surface area contributed by atoms with Crippen LogP contribution in [0.5, 0.6) is 0 Å². The lowest BCUT2D eigenvalue weighted by Gasteiger charge is -2.31. The SMILES string of the molecule is CC(C)c1nc(C(=O)N2CCC(c3nnc4n3CCNC4)CC2)cs1. The van der Waals surface area contributed by atoms with Crippen LogP contribution in [-0.4, -0.2) is 50.2 Å². The number of hydrogen-bond donors (Lipinski definition) is 1. The first kappa shape index (κ1) is 16.7. The number of piperidine rings is 1. The van der Waals surface area contributed by atoms with E-state index in [1.54, 1.807) is 11.3 Å². The minimum Gasteiger partial charge on any atom is -0.337 e. The van der Waals surface area contributed by atoms with Crippen LogP contribution in [0.1, 0.15) is 65.7 Å². The van der Waals surface area contributed by atoms with E-state index in [0.29, 0.717) is 17.5 Å². The number of carbonyl (C=O) groups excluding carboxylic acids is 1. The fourth-order valence-corrected chi connectivity index (χ4v) is 4.38. The second-order valence-corrected chi connectivity index (χ2v) is 7.98. The van der Waals surface area contributed by atoms with Crippen molar-refractivity contribution in [3.8, 4) is 0 Å². The second-order valence-electron chi connectivity index (χ2n) is 7.10. The van der Waals surface area contributed by atoms with Crippen LogP contribution in [0.2, 0.25) is 0 Å². The van der Waals surface area contributed by atoms with E-state index in [2.05, 4.69) is 38.9 Å². The molecule has 0 spiro atoms. The van der Waals surface area contributed by atoms with E-state index in [-0.39, 0.29) is 5.91 Å². The molecule has 8 heteroatoms. The van der Waals surface area contributed by atoms with Gasteiger partial charge in [-0.25, -0.2) is 4.98 Å². The summed E-state index contributed by atoms with van der Waals surface area (Å²) < 4.78 is 2.26. The lowest BCUT2D eigenvalue weighted by atomic mass is 9.95. The van der Waals surface area contributed by atoms with Gasteiger partial charge in [-0.2, -0.15) is 0 Å². The Balaban J connectivity index is 1.41. The molecule has 0 unspecified atom stereocenters. The van der Waals surface area contributed by atoms with Gasteiger partial charge in [-0.15, -0.1) is 21.5 Å². The zero-order valence-electron chi connectivity index (χ0n) is 14.7. The predicted molar refractivity (Wildman–Crippen MR) is 95.8 cm³/mol. The van der Waals surface area contributed by atoms with Crippen LogP contribution in [0.3, 0.4) is 0 Å². The van der Waals surface area contributed by atoms with E-state index in [4.69, 9.17) is 0 Å². The number of amides is 1. The van der Waals surface area contributed by atoms with Crippen molar-refractivity contribution in [2.45, 2.75) is 51.6 Å². The number of aromatic nitrogens is 4. The molecule has 2 aliphatic rings. The first-order chi connectivity index (χ1) is 12.1. The molecule has 1 amide bonds. The zero-order valence-corrected chi connectivity index (χ0v) is 15.6. The predicted octanol–water partition coefficient (Wildman–Crippen LogP) is 1.98. The van der Waals surface area contributed by atoms with Gasteiger partial charge in [0.2, 0.25) is 0 Å². The first-order valence-electron chi connectivity index (χ1n) is 9.01. The average Bonchev–Trinajstić information content (AvgIpc) is 3.29. The van der Waals surface area contributed by atoms with Crippen LogP contribution in [0.4, 0.5) is 0 Å². The summed E-state index contributed by atoms with van der Waals surface area (Å²) in [5.41, 5.74) is 0.595. The molecule has 1 N–H and O–H groups in total. The van der Waals surface area contributed by atoms with Gasteiger partial charge in [0.1, 0.15) is 17.3 Å². The number of carbonyl (C=O) groups is 1. The minimum absolute atomic E-state index is 0.0640. The third-order valence-corrected chi connectivity index (χ3v) is 6.18. The Morgan fingerprint density at radius 3 is 2.80 bits per heavy atom. The molecule has 2 aromatic heterocycles. The van der Waals surface area contributed by atoms with Gasteiger partial charge in [-0.05, 0) is 12.8 Å². The summed E-state index contributed by atoms with van der Waals surface area (Å²) in [6.45, 7) is 8.44. The molecule has 0 aliphatic carbocycles. The largest absolute Gasteiger partial charge is 0.337 e. The quantitative estimate of drug-likeness (QED) is 0.906. The molecule has 4 rings (SSSR count). The number of rotatable bonds is 3. The lowest BCUT2D eigenvalue weighted by molar-refractivity contribution is 0.0704. The van der Waals surface area contributed by atoms with E-state index in [1.165, 1.54) is 0 Å². The Morgan fingerprint density at radius 1 is 1.28 bits per heavy atom. The molecule has 0 radical (unpaired) electrons. The maximum Gasteiger partial charge on any atom is 0.273 e. The molecule has 2 aromatic rings. The first-order valence-corrected chi connectivity index (χ1v) is 9.89. The van der Waals surface area contributed by atoms with Crippen LogP contribution in [0.25, 0.3) is 0 Å². The lowest BCUT2D eigenvalue weighted by Crippen LogP contribution is -2.39. The number of nitrogens with one attached hydrogen (secondary N) is 1. The van der Waals surface area contributed by atoms with Gasteiger partial charge >= 0.3 is 0 Å². The summed E-state index contributed by atoms with van der Waals surface area (Å²) in [7, 11) is 0. The van der Waals surface area contributed by atoms with Crippen LogP contribution in [0, 0.1) is 0 Å². The van der Waals surface area contributed by atoms with Crippen molar-refractivity contribution in [1.82, 2.24) is 30.0 Å². The highest BCUT2D eigenvalue weighted by Crippen LogP contribution is 2.29. The van der Waals surface area contributed by atoms with Crippen molar-refractivity contribution in [2.75, 3.05) is 19.6 Å². The fraction of sp³-hybridized carbons (Fsp3) is 0.647. The number of likely N-dealkylation sites (tertiary alicyclic amines) is 1. The van der Waals surface area contributed by atoms with Gasteiger partial charge in [0, 0.05) is 43.4 Å². The van der Waals surface area contributed by atoms with Crippen molar-refractivity contribution in [3.63, 3.8) is 0 Å². The van der Waals surface area contributed by atoms with E-state index in [0.717, 1.165) is 62.2 Å². The van der Waals surface area contributed by atoms with Crippen LogP contribution in [-0.2, 0) is 13.1 Å². The topological polar surface area (TPSA) is 75.9 Å². The zero-order chi connectivity index (χ0) is 17.4. The van der Waals surface area contributed by atoms with E-state index < -0.39 is 0 Å². The molecule has 134 valence electrons. The monoisotopic (exact) mass is 360 g/mol. The van der Waals surface area contributed by atoms with Crippen molar-refractivity contribution in [1.29, 1.82) is 0 Å². The highest BCUT2D eigenvalue weighted by atomic mass is 32.1. The Kier molecular flexibility index (Phi) is 4.56. The Bertz CT molecular complexity index is 759. The van der Waals surface area contributed by atoms with Crippen LogP contribution >= 0.6 is 11.3 Å². The van der Waals surface area contributed by atoms with Gasteiger partial charge in [0.25, 0.3) is 5.91 Å². The van der Waals surface area contributed by atoms with Crippen LogP contribution < -0.4 is 5.32 Å². The summed E-state index contributed by atoms with van der Waals surface area (Å²) in [5.74, 6) is 2.95. The standard InChI is InChI=1S/C17H24N6OS/c1-11(2)16-19-13(10-25-16)17(24)22-6-3-12(4-7-22)15-21-20-14-9-18-5-8-23(14)15/h10-12,18H,3-9H2,1-2H3. The van der Waals surface area contributed by atoms with Gasteiger partial charge < -0.3 is 14.8 Å². The maximum absolute atomic E-state index is 12.7. The number of fused-ring (bicyclic) bond motifs is 1. The van der Waals surface area contributed by atoms with Crippen molar-refractivity contribution in [3.05, 3.63) is 27.7 Å². The van der Waals surface area contributed by atoms with Gasteiger partial charge in [0.05, 0.1) is 11.6 Å². The smallest absolute Gasteiger partial charge is 0.273 e. The molecule has 1 saturated heterocycles. The van der Waals surface area contributed by atoms with Crippen LogP contribution in [0.15, 0.2) is 5.38 Å². The fourth-order valence-electron chi connectivity index (χ4n) is 3.57. The van der Waals surface area contributed by atoms with Crippen molar-refractivity contribution < 1.29 is 4.79 Å². The average molecular weight is 360 g/mol. The summed E-state index contributed by atoms with van der Waals surface area (Å²) in [4.78, 5) is 19.1. The minimum atomic E-state index is 0.0640. The summed E-state index contributed by atoms with van der Waals surface area (Å²) in [6.07, 6.45) is 1.89. The third kappa shape index (κ3) is 3.20. The third-order valence-electron chi connectivity index (χ3n) is 5.03. The summed E-state index contributed by atoms with van der Waals surface area (Å²) >= 11 is 1.58. The number of thiazole rings is 1. The molecule has 0 bridgehead atoms. The highest BCUT2D eigenvalue weighted by molar-refractivity contribution is 7.09. The highest BCUT2D eigenvalue weighted by Gasteiger charge is 2.29. The van der Waals surface area contributed by atoms with Gasteiger partial charge in [-0.3, -0.25) is 4.79 Å². The summed E-state index contributed by atoms with van der Waals surface area (Å²) in [6, 6.07) is 0. The van der Waals surface area contributed by atoms with Gasteiger partial charge in [-0.1, -0.05) is 13.8 Å². The number of nitrogens with zero attached hydrogens (tertiary/aromatic N) is 5. The second kappa shape index (κ2) is 6.84. The number of hydrogen-bond acceptors (Lipinski definition) is 6. The molecule has 0 atom stereocenters. The van der Waals surface area contributed by atoms with E-state index in [9.17, 15) is 4.79 Å². The normalized spacial score (nSPS) is 18.6. The molecule has 0 saturated carbocycles. The van der Waals surface area contributed by atoms with E-state index >= 15 is 0 Å². The molecular formula is C17H24N6OS. The molecule has 2 aliphatic heterocycles. The van der Waals surface area contributed by atoms with Gasteiger partial charge in [0.15, 0.2) is 0 Å². The van der Waals surface area contributed by atoms with E-state index in [1.807, 2.05) is 10.3 Å². The Labute approximate surface area is 151 Å². The van der Waals surface area contributed by atoms with Crippen molar-refractivity contribution in [2.24, 2.45) is 0 Å². The Morgan fingerprint density at radius 2 is 2.08 bits per heavy atom.